The minimum absolute atomic E-state index is 0.147. The van der Waals surface area contributed by atoms with Crippen molar-refractivity contribution >= 4 is 40.2 Å². The number of amides is 3. The van der Waals surface area contributed by atoms with Crippen molar-refractivity contribution in [2.45, 2.75) is 49.9 Å². The van der Waals surface area contributed by atoms with Gasteiger partial charge in [0.2, 0.25) is 11.0 Å². The van der Waals surface area contributed by atoms with Crippen LogP contribution in [0, 0.1) is 5.92 Å². The average molecular weight is 358 g/mol. The molecule has 0 bridgehead atoms. The zero-order chi connectivity index (χ0) is 16.7. The highest BCUT2D eigenvalue weighted by Crippen LogP contribution is 2.25. The molecule has 0 unspecified atom stereocenters. The van der Waals surface area contributed by atoms with Crippen LogP contribution in [0.2, 0.25) is 0 Å². The van der Waals surface area contributed by atoms with E-state index in [1.54, 1.807) is 0 Å². The van der Waals surface area contributed by atoms with Crippen molar-refractivity contribution in [1.82, 2.24) is 20.8 Å². The Bertz CT molecular complexity index is 537. The van der Waals surface area contributed by atoms with Crippen LogP contribution in [0.5, 0.6) is 0 Å². The third-order valence-electron chi connectivity index (χ3n) is 3.74. The fourth-order valence-corrected chi connectivity index (χ4v) is 4.14. The molecule has 0 aromatic carbocycles. The van der Waals surface area contributed by atoms with E-state index >= 15 is 0 Å². The summed E-state index contributed by atoms with van der Waals surface area (Å²) < 4.78 is 0.706. The second kappa shape index (κ2) is 9.07. The molecule has 2 rings (SSSR count). The molecule has 1 aromatic heterocycles. The van der Waals surface area contributed by atoms with Crippen LogP contribution in [0.4, 0.5) is 9.93 Å². The summed E-state index contributed by atoms with van der Waals surface area (Å²) in [6.07, 6.45) is 4.45. The topological polar surface area (TPSA) is 96.0 Å². The predicted octanol–water partition coefficient (Wildman–Crippen LogP) is 2.47. The van der Waals surface area contributed by atoms with Gasteiger partial charge in [-0.25, -0.2) is 4.79 Å². The lowest BCUT2D eigenvalue weighted by atomic mass is 9.86. The number of hydrogen-bond acceptors (Lipinski definition) is 7. The van der Waals surface area contributed by atoms with E-state index in [0.29, 0.717) is 10.3 Å². The highest BCUT2D eigenvalue weighted by molar-refractivity contribution is 8.01. The molecular weight excluding hydrogens is 334 g/mol. The van der Waals surface area contributed by atoms with Crippen molar-refractivity contribution in [2.24, 2.45) is 5.92 Å². The van der Waals surface area contributed by atoms with Gasteiger partial charge in [-0.3, -0.25) is 10.1 Å². The van der Waals surface area contributed by atoms with Crippen molar-refractivity contribution in [3.05, 3.63) is 0 Å². The Hall–Kier alpha value is -1.35. The lowest BCUT2D eigenvalue weighted by molar-refractivity contribution is -0.117. The quantitative estimate of drug-likeness (QED) is 0.677. The molecule has 9 heteroatoms. The molecule has 0 saturated heterocycles. The summed E-state index contributed by atoms with van der Waals surface area (Å²) in [6, 6.07) is -0.241. The molecule has 3 N–H and O–H groups in total. The molecule has 0 radical (unpaired) electrons. The van der Waals surface area contributed by atoms with Gasteiger partial charge in [-0.05, 0) is 25.7 Å². The summed E-state index contributed by atoms with van der Waals surface area (Å²) in [5.74, 6) is 0.287. The summed E-state index contributed by atoms with van der Waals surface area (Å²) in [5.41, 5.74) is 0. The Balaban J connectivity index is 1.70. The average Bonchev–Trinajstić information content (AvgIpc) is 2.96. The first-order chi connectivity index (χ1) is 11.1. The molecule has 7 nitrogen and oxygen atoms in total. The molecule has 2 atom stereocenters. The van der Waals surface area contributed by atoms with Gasteiger partial charge < -0.3 is 10.6 Å². The molecule has 1 fully saturated rings. The number of carbonyl (C=O) groups is 2. The molecule has 3 amide bonds. The SMILES string of the molecule is CCNc1nnc(SCC(=O)NC(=O)N[C@@H]2CCCC[C@@H]2C)s1. The minimum atomic E-state index is -0.403. The molecule has 1 heterocycles. The van der Waals surface area contributed by atoms with Gasteiger partial charge in [0, 0.05) is 12.6 Å². The van der Waals surface area contributed by atoms with Gasteiger partial charge in [0.05, 0.1) is 5.75 Å². The van der Waals surface area contributed by atoms with Crippen LogP contribution in [-0.2, 0) is 4.79 Å². The molecule has 0 aliphatic heterocycles. The summed E-state index contributed by atoms with van der Waals surface area (Å²) in [6.45, 7) is 4.89. The maximum Gasteiger partial charge on any atom is 0.321 e. The number of nitrogens with zero attached hydrogens (tertiary/aromatic N) is 2. The van der Waals surface area contributed by atoms with Crippen LogP contribution in [0.15, 0.2) is 4.34 Å². The van der Waals surface area contributed by atoms with Crippen LogP contribution in [0.1, 0.15) is 39.5 Å². The van der Waals surface area contributed by atoms with Crippen LogP contribution < -0.4 is 16.0 Å². The summed E-state index contributed by atoms with van der Waals surface area (Å²) in [5, 5.41) is 17.0. The lowest BCUT2D eigenvalue weighted by Gasteiger charge is -2.29. The zero-order valence-electron chi connectivity index (χ0n) is 13.4. The summed E-state index contributed by atoms with van der Waals surface area (Å²) in [7, 11) is 0. The van der Waals surface area contributed by atoms with E-state index in [4.69, 9.17) is 0 Å². The van der Waals surface area contributed by atoms with Gasteiger partial charge in [-0.2, -0.15) is 0 Å². The number of rotatable bonds is 6. The molecule has 1 saturated carbocycles. The van der Waals surface area contributed by atoms with Crippen molar-refractivity contribution in [3.63, 3.8) is 0 Å². The second-order valence-corrected chi connectivity index (χ2v) is 7.78. The third-order valence-corrected chi connectivity index (χ3v) is 5.76. The van der Waals surface area contributed by atoms with Gasteiger partial charge in [-0.15, -0.1) is 10.2 Å². The van der Waals surface area contributed by atoms with Gasteiger partial charge >= 0.3 is 6.03 Å². The summed E-state index contributed by atoms with van der Waals surface area (Å²) >= 11 is 2.67. The highest BCUT2D eigenvalue weighted by atomic mass is 32.2. The van der Waals surface area contributed by atoms with Gasteiger partial charge in [0.15, 0.2) is 4.34 Å². The second-order valence-electron chi connectivity index (χ2n) is 5.58. The number of urea groups is 1. The molecular formula is C14H23N5O2S2. The van der Waals surface area contributed by atoms with Crippen molar-refractivity contribution in [3.8, 4) is 0 Å². The first-order valence-corrected chi connectivity index (χ1v) is 9.69. The smallest absolute Gasteiger partial charge is 0.321 e. The van der Waals surface area contributed by atoms with Crippen molar-refractivity contribution in [2.75, 3.05) is 17.6 Å². The fraction of sp³-hybridized carbons (Fsp3) is 0.714. The van der Waals surface area contributed by atoms with E-state index in [2.05, 4.69) is 33.1 Å². The minimum Gasteiger partial charge on any atom is -0.360 e. The summed E-state index contributed by atoms with van der Waals surface area (Å²) in [4.78, 5) is 23.7. The number of thioether (sulfide) groups is 1. The number of nitrogens with one attached hydrogen (secondary N) is 3. The molecule has 1 aliphatic rings. The Morgan fingerprint density at radius 1 is 1.30 bits per heavy atom. The van der Waals surface area contributed by atoms with Crippen LogP contribution >= 0.6 is 23.1 Å². The maximum atomic E-state index is 11.9. The Kier molecular flexibility index (Phi) is 7.10. The molecule has 1 aliphatic carbocycles. The molecule has 128 valence electrons. The van der Waals surface area contributed by atoms with Crippen LogP contribution in [0.3, 0.4) is 0 Å². The molecule has 0 spiro atoms. The monoisotopic (exact) mass is 357 g/mol. The fourth-order valence-electron chi connectivity index (χ4n) is 2.52. The standard InChI is InChI=1S/C14H23N5O2S2/c1-3-15-13-18-19-14(23-13)22-8-11(20)17-12(21)16-10-7-5-4-6-9(10)2/h9-10H,3-8H2,1-2H3,(H,15,18)(H2,16,17,20,21)/t9-,10+/m0/s1. The lowest BCUT2D eigenvalue weighted by Crippen LogP contribution is -2.48. The zero-order valence-corrected chi connectivity index (χ0v) is 15.1. The first-order valence-electron chi connectivity index (χ1n) is 7.89. The normalized spacial score (nSPS) is 20.8. The molecule has 1 aromatic rings. The van der Waals surface area contributed by atoms with Crippen LogP contribution in [-0.4, -0.2) is 40.5 Å². The maximum absolute atomic E-state index is 11.9. The number of anilines is 1. The first kappa shape index (κ1) is 18.0. The van der Waals surface area contributed by atoms with Crippen molar-refractivity contribution in [1.29, 1.82) is 0 Å². The Morgan fingerprint density at radius 3 is 2.83 bits per heavy atom. The number of hydrogen-bond donors (Lipinski definition) is 3. The highest BCUT2D eigenvalue weighted by Gasteiger charge is 2.23. The van der Waals surface area contributed by atoms with Crippen LogP contribution in [0.25, 0.3) is 0 Å². The number of imide groups is 1. The van der Waals surface area contributed by atoms with E-state index < -0.39 is 6.03 Å². The van der Waals surface area contributed by atoms with E-state index in [9.17, 15) is 9.59 Å². The van der Waals surface area contributed by atoms with Gasteiger partial charge in [0.25, 0.3) is 0 Å². The van der Waals surface area contributed by atoms with Gasteiger partial charge in [0.1, 0.15) is 0 Å². The van der Waals surface area contributed by atoms with Gasteiger partial charge in [-0.1, -0.05) is 42.9 Å². The van der Waals surface area contributed by atoms with E-state index in [1.165, 1.54) is 29.5 Å². The van der Waals surface area contributed by atoms with Crippen molar-refractivity contribution < 1.29 is 9.59 Å². The van der Waals surface area contributed by atoms with E-state index in [-0.39, 0.29) is 17.7 Å². The molecule has 23 heavy (non-hydrogen) atoms. The van der Waals surface area contributed by atoms with E-state index in [1.807, 2.05) is 6.92 Å². The largest absolute Gasteiger partial charge is 0.360 e. The predicted molar refractivity (Wildman–Crippen MR) is 92.9 cm³/mol. The number of carbonyl (C=O) groups excluding carboxylic acids is 2. The van der Waals surface area contributed by atoms with E-state index in [0.717, 1.165) is 30.9 Å². The Labute approximate surface area is 144 Å². The third kappa shape index (κ3) is 5.98. The number of aromatic nitrogens is 2. The Morgan fingerprint density at radius 2 is 2.09 bits per heavy atom.